The molecule has 2 aromatic rings. The van der Waals surface area contributed by atoms with Crippen LogP contribution in [0, 0.1) is 0 Å². The number of hydrogen-bond acceptors (Lipinski definition) is 3. The van der Waals surface area contributed by atoms with Gasteiger partial charge in [0.25, 0.3) is 0 Å². The van der Waals surface area contributed by atoms with E-state index in [4.69, 9.17) is 5.73 Å². The van der Waals surface area contributed by atoms with Crippen LogP contribution in [-0.2, 0) is 7.05 Å². The number of nitrogens with zero attached hydrogens (tertiary/aromatic N) is 3. The zero-order valence-corrected chi connectivity index (χ0v) is 8.04. The SMILES string of the molecule is Cn1nc(Br)c2c(N)ccnc21. The van der Waals surface area contributed by atoms with Crippen LogP contribution in [0.2, 0.25) is 0 Å². The molecule has 0 saturated carbocycles. The van der Waals surface area contributed by atoms with Gasteiger partial charge in [0.2, 0.25) is 0 Å². The molecule has 2 rings (SSSR count). The van der Waals surface area contributed by atoms with Crippen LogP contribution in [0.3, 0.4) is 0 Å². The summed E-state index contributed by atoms with van der Waals surface area (Å²) in [7, 11) is 1.83. The van der Waals surface area contributed by atoms with Crippen LogP contribution in [0.1, 0.15) is 0 Å². The van der Waals surface area contributed by atoms with E-state index in [9.17, 15) is 0 Å². The predicted octanol–water partition coefficient (Wildman–Crippen LogP) is 1.31. The van der Waals surface area contributed by atoms with Crippen molar-refractivity contribution in [1.29, 1.82) is 0 Å². The lowest BCUT2D eigenvalue weighted by atomic mass is 10.3. The summed E-state index contributed by atoms with van der Waals surface area (Å²) in [5.74, 6) is 0. The van der Waals surface area contributed by atoms with Gasteiger partial charge in [-0.15, -0.1) is 0 Å². The molecule has 0 aromatic carbocycles. The molecule has 0 unspecified atom stereocenters. The van der Waals surface area contributed by atoms with Gasteiger partial charge in [-0.1, -0.05) is 0 Å². The van der Waals surface area contributed by atoms with Gasteiger partial charge < -0.3 is 5.73 Å². The van der Waals surface area contributed by atoms with E-state index >= 15 is 0 Å². The summed E-state index contributed by atoms with van der Waals surface area (Å²) >= 11 is 3.32. The molecule has 5 heteroatoms. The third-order valence-corrected chi connectivity index (χ3v) is 2.27. The highest BCUT2D eigenvalue weighted by atomic mass is 79.9. The third-order valence-electron chi connectivity index (χ3n) is 1.71. The fraction of sp³-hybridized carbons (Fsp3) is 0.143. The highest BCUT2D eigenvalue weighted by Gasteiger charge is 2.08. The number of aryl methyl sites for hydroxylation is 1. The smallest absolute Gasteiger partial charge is 0.160 e. The Hall–Kier alpha value is -1.10. The summed E-state index contributed by atoms with van der Waals surface area (Å²) in [4.78, 5) is 4.15. The maximum Gasteiger partial charge on any atom is 0.160 e. The van der Waals surface area contributed by atoms with Crippen molar-refractivity contribution in [2.45, 2.75) is 0 Å². The molecular weight excluding hydrogens is 220 g/mol. The third kappa shape index (κ3) is 0.896. The number of halogens is 1. The first-order chi connectivity index (χ1) is 5.70. The normalized spacial score (nSPS) is 10.8. The van der Waals surface area contributed by atoms with Crippen LogP contribution in [0.15, 0.2) is 16.9 Å². The van der Waals surface area contributed by atoms with E-state index in [0.717, 1.165) is 15.6 Å². The minimum atomic E-state index is 0.694. The molecule has 0 aliphatic rings. The number of pyridine rings is 1. The van der Waals surface area contributed by atoms with Crippen LogP contribution >= 0.6 is 15.9 Å². The van der Waals surface area contributed by atoms with E-state index in [2.05, 4.69) is 26.0 Å². The van der Waals surface area contributed by atoms with Gasteiger partial charge in [0.05, 0.1) is 5.39 Å². The van der Waals surface area contributed by atoms with Crippen molar-refractivity contribution in [3.8, 4) is 0 Å². The average molecular weight is 227 g/mol. The first-order valence-electron chi connectivity index (χ1n) is 3.43. The van der Waals surface area contributed by atoms with Crippen LogP contribution in [-0.4, -0.2) is 14.8 Å². The largest absolute Gasteiger partial charge is 0.398 e. The van der Waals surface area contributed by atoms with Crippen LogP contribution in [0.4, 0.5) is 5.69 Å². The minimum absolute atomic E-state index is 0.694. The average Bonchev–Trinajstić information content (AvgIpc) is 2.29. The molecule has 0 aliphatic heterocycles. The Morgan fingerprint density at radius 3 is 3.00 bits per heavy atom. The second kappa shape index (κ2) is 2.45. The number of rotatable bonds is 0. The lowest BCUT2D eigenvalue weighted by Crippen LogP contribution is -1.92. The van der Waals surface area contributed by atoms with Gasteiger partial charge >= 0.3 is 0 Å². The van der Waals surface area contributed by atoms with Crippen LogP contribution in [0.5, 0.6) is 0 Å². The first kappa shape index (κ1) is 7.54. The molecular formula is C7H7BrN4. The van der Waals surface area contributed by atoms with Gasteiger partial charge in [0, 0.05) is 18.9 Å². The van der Waals surface area contributed by atoms with E-state index in [1.54, 1.807) is 16.9 Å². The van der Waals surface area contributed by atoms with Gasteiger partial charge in [-0.05, 0) is 22.0 Å². The summed E-state index contributed by atoms with van der Waals surface area (Å²) in [6, 6.07) is 1.76. The maximum atomic E-state index is 5.75. The molecule has 2 heterocycles. The molecule has 12 heavy (non-hydrogen) atoms. The van der Waals surface area contributed by atoms with Crippen LogP contribution in [0.25, 0.3) is 11.0 Å². The van der Waals surface area contributed by atoms with Gasteiger partial charge in [-0.3, -0.25) is 0 Å². The summed E-state index contributed by atoms with van der Waals surface area (Å²) in [5, 5.41) is 5.02. The second-order valence-corrected chi connectivity index (χ2v) is 3.26. The Balaban J connectivity index is 2.99. The quantitative estimate of drug-likeness (QED) is 0.738. The van der Waals surface area contributed by atoms with Crippen LogP contribution < -0.4 is 5.73 Å². The number of anilines is 1. The van der Waals surface area contributed by atoms with Crippen molar-refractivity contribution < 1.29 is 0 Å². The fourth-order valence-electron chi connectivity index (χ4n) is 1.15. The standard InChI is InChI=1S/C7H7BrN4/c1-12-7-5(6(8)11-12)4(9)2-3-10-7/h2-3H,1H3,(H2,9,10). The Kier molecular flexibility index (Phi) is 1.54. The summed E-state index contributed by atoms with van der Waals surface area (Å²) < 4.78 is 2.43. The number of aromatic nitrogens is 3. The molecule has 62 valence electrons. The molecule has 0 amide bonds. The van der Waals surface area contributed by atoms with Gasteiger partial charge in [-0.25, -0.2) is 9.67 Å². The van der Waals surface area contributed by atoms with E-state index in [1.807, 2.05) is 7.05 Å². The highest BCUT2D eigenvalue weighted by molar-refractivity contribution is 9.10. The molecule has 4 nitrogen and oxygen atoms in total. The van der Waals surface area contributed by atoms with Gasteiger partial charge in [-0.2, -0.15) is 5.10 Å². The molecule has 0 saturated heterocycles. The Labute approximate surface area is 77.5 Å². The van der Waals surface area contributed by atoms with Crippen molar-refractivity contribution >= 4 is 32.7 Å². The van der Waals surface area contributed by atoms with E-state index in [-0.39, 0.29) is 0 Å². The van der Waals surface area contributed by atoms with Crippen molar-refractivity contribution in [2.24, 2.45) is 7.05 Å². The van der Waals surface area contributed by atoms with Crippen molar-refractivity contribution in [1.82, 2.24) is 14.8 Å². The zero-order chi connectivity index (χ0) is 8.72. The lowest BCUT2D eigenvalue weighted by Gasteiger charge is -1.94. The molecule has 0 bridgehead atoms. The molecule has 0 aliphatic carbocycles. The number of nitrogen functional groups attached to an aromatic ring is 1. The zero-order valence-electron chi connectivity index (χ0n) is 6.45. The van der Waals surface area contributed by atoms with Gasteiger partial charge in [0.15, 0.2) is 5.65 Å². The Morgan fingerprint density at radius 2 is 2.33 bits per heavy atom. The molecule has 0 fully saturated rings. The van der Waals surface area contributed by atoms with E-state index < -0.39 is 0 Å². The summed E-state index contributed by atoms with van der Waals surface area (Å²) in [5.41, 5.74) is 7.23. The number of fused-ring (bicyclic) bond motifs is 1. The van der Waals surface area contributed by atoms with E-state index in [1.165, 1.54) is 0 Å². The molecule has 2 aromatic heterocycles. The predicted molar refractivity (Wildman–Crippen MR) is 50.6 cm³/mol. The molecule has 0 radical (unpaired) electrons. The Morgan fingerprint density at radius 1 is 1.58 bits per heavy atom. The monoisotopic (exact) mass is 226 g/mol. The summed E-state index contributed by atoms with van der Waals surface area (Å²) in [6.07, 6.45) is 1.67. The van der Waals surface area contributed by atoms with Crippen molar-refractivity contribution in [3.05, 3.63) is 16.9 Å². The minimum Gasteiger partial charge on any atom is -0.398 e. The second-order valence-electron chi connectivity index (χ2n) is 2.51. The topological polar surface area (TPSA) is 56.7 Å². The summed E-state index contributed by atoms with van der Waals surface area (Å²) in [6.45, 7) is 0. The number of hydrogen-bond donors (Lipinski definition) is 1. The first-order valence-corrected chi connectivity index (χ1v) is 4.22. The molecule has 0 atom stereocenters. The molecule has 2 N–H and O–H groups in total. The van der Waals surface area contributed by atoms with Gasteiger partial charge in [0.1, 0.15) is 4.60 Å². The van der Waals surface area contributed by atoms with E-state index in [0.29, 0.717) is 5.69 Å². The van der Waals surface area contributed by atoms with Crippen molar-refractivity contribution in [2.75, 3.05) is 5.73 Å². The lowest BCUT2D eigenvalue weighted by molar-refractivity contribution is 0.778. The number of nitrogens with two attached hydrogens (primary N) is 1. The van der Waals surface area contributed by atoms with Crippen molar-refractivity contribution in [3.63, 3.8) is 0 Å². The fourth-order valence-corrected chi connectivity index (χ4v) is 1.80. The highest BCUT2D eigenvalue weighted by Crippen LogP contribution is 2.25. The molecule has 0 spiro atoms. The Bertz CT molecular complexity index is 434. The maximum absolute atomic E-state index is 5.75.